The summed E-state index contributed by atoms with van der Waals surface area (Å²) < 4.78 is 37.7. The predicted octanol–water partition coefficient (Wildman–Crippen LogP) is 5.11. The number of anilines is 2. The predicted molar refractivity (Wildman–Crippen MR) is 76.2 cm³/mol. The zero-order valence-electron chi connectivity index (χ0n) is 10.8. The third kappa shape index (κ3) is 3.98. The molecule has 0 bridgehead atoms. The van der Waals surface area contributed by atoms with Gasteiger partial charge in [-0.05, 0) is 18.2 Å². The monoisotopic (exact) mass is 335 g/mol. The van der Waals surface area contributed by atoms with Crippen LogP contribution in [0, 0.1) is 0 Å². The average molecular weight is 336 g/mol. The maximum absolute atomic E-state index is 12.6. The lowest BCUT2D eigenvalue weighted by Crippen LogP contribution is -2.05. The minimum Gasteiger partial charge on any atom is -0.339 e. The number of hydrogen-bond donors (Lipinski definition) is 1. The second kappa shape index (κ2) is 6.07. The summed E-state index contributed by atoms with van der Waals surface area (Å²) in [6.45, 7) is 1.86. The van der Waals surface area contributed by atoms with Crippen molar-refractivity contribution in [2.24, 2.45) is 0 Å². The Kier molecular flexibility index (Phi) is 4.58. The number of hydrogen-bond acceptors (Lipinski definition) is 3. The van der Waals surface area contributed by atoms with Gasteiger partial charge in [-0.1, -0.05) is 30.1 Å². The third-order valence-corrected chi connectivity index (χ3v) is 3.12. The number of nitrogens with zero attached hydrogens (tertiary/aromatic N) is 2. The van der Waals surface area contributed by atoms with Gasteiger partial charge in [0.05, 0.1) is 16.3 Å². The van der Waals surface area contributed by atoms with E-state index in [2.05, 4.69) is 15.3 Å². The topological polar surface area (TPSA) is 37.8 Å². The molecular weight excluding hydrogens is 326 g/mol. The Morgan fingerprint density at radius 2 is 1.86 bits per heavy atom. The molecule has 0 saturated heterocycles. The molecule has 0 amide bonds. The van der Waals surface area contributed by atoms with Gasteiger partial charge in [-0.2, -0.15) is 13.2 Å². The van der Waals surface area contributed by atoms with E-state index in [0.29, 0.717) is 23.8 Å². The number of aryl methyl sites for hydroxylation is 1. The molecule has 2 rings (SSSR count). The van der Waals surface area contributed by atoms with Crippen molar-refractivity contribution < 1.29 is 13.2 Å². The van der Waals surface area contributed by atoms with Gasteiger partial charge in [-0.15, -0.1) is 0 Å². The number of aromatic nitrogens is 2. The highest BCUT2D eigenvalue weighted by Gasteiger charge is 2.30. The number of alkyl halides is 3. The molecule has 1 aromatic carbocycles. The quantitative estimate of drug-likeness (QED) is 0.792. The van der Waals surface area contributed by atoms with E-state index < -0.39 is 11.7 Å². The highest BCUT2D eigenvalue weighted by Crippen LogP contribution is 2.34. The van der Waals surface area contributed by atoms with Gasteiger partial charge in [0, 0.05) is 12.5 Å². The highest BCUT2D eigenvalue weighted by molar-refractivity contribution is 6.33. The maximum atomic E-state index is 12.6. The fourth-order valence-corrected chi connectivity index (χ4v) is 2.05. The Morgan fingerprint density at radius 3 is 2.43 bits per heavy atom. The van der Waals surface area contributed by atoms with E-state index in [9.17, 15) is 13.2 Å². The van der Waals surface area contributed by atoms with E-state index in [1.165, 1.54) is 12.1 Å². The molecular formula is C13H10Cl2F3N3. The van der Waals surface area contributed by atoms with Crippen molar-refractivity contribution in [3.63, 3.8) is 0 Å². The number of rotatable bonds is 3. The van der Waals surface area contributed by atoms with Crippen LogP contribution in [0.1, 0.15) is 18.3 Å². The molecule has 1 aromatic heterocycles. The van der Waals surface area contributed by atoms with Crippen LogP contribution >= 0.6 is 23.2 Å². The van der Waals surface area contributed by atoms with Gasteiger partial charge in [-0.3, -0.25) is 0 Å². The van der Waals surface area contributed by atoms with E-state index in [1.807, 2.05) is 6.92 Å². The first kappa shape index (κ1) is 15.9. The van der Waals surface area contributed by atoms with Gasteiger partial charge in [0.1, 0.15) is 16.8 Å². The normalized spacial score (nSPS) is 11.5. The van der Waals surface area contributed by atoms with Crippen LogP contribution in [0.5, 0.6) is 0 Å². The first-order valence-electron chi connectivity index (χ1n) is 5.97. The van der Waals surface area contributed by atoms with Crippen LogP contribution in [0.25, 0.3) is 0 Å². The van der Waals surface area contributed by atoms with Crippen LogP contribution in [0.2, 0.25) is 10.2 Å². The molecule has 0 unspecified atom stereocenters. The Balaban J connectivity index is 2.30. The summed E-state index contributed by atoms with van der Waals surface area (Å²) in [4.78, 5) is 8.17. The number of halogens is 5. The molecule has 2 aromatic rings. The number of nitrogens with one attached hydrogen (secondary N) is 1. The lowest BCUT2D eigenvalue weighted by Gasteiger charge is -2.12. The van der Waals surface area contributed by atoms with E-state index in [-0.39, 0.29) is 10.2 Å². The minimum absolute atomic E-state index is 0.0578. The molecule has 1 heterocycles. The Hall–Kier alpha value is -1.53. The van der Waals surface area contributed by atoms with Crippen molar-refractivity contribution in [2.75, 3.05) is 5.32 Å². The summed E-state index contributed by atoms with van der Waals surface area (Å²) in [6.07, 6.45) is -3.86. The van der Waals surface area contributed by atoms with Crippen molar-refractivity contribution in [1.29, 1.82) is 0 Å². The molecule has 0 saturated carbocycles. The average Bonchev–Trinajstić information content (AvgIpc) is 2.39. The largest absolute Gasteiger partial charge is 0.416 e. The van der Waals surface area contributed by atoms with Gasteiger partial charge in [-0.25, -0.2) is 9.97 Å². The van der Waals surface area contributed by atoms with Crippen LogP contribution in [-0.2, 0) is 12.6 Å². The van der Waals surface area contributed by atoms with Gasteiger partial charge >= 0.3 is 6.18 Å². The Bertz CT molecular complexity index is 660. The van der Waals surface area contributed by atoms with E-state index in [1.54, 1.807) is 0 Å². The SMILES string of the molecule is CCc1nc(Cl)cc(Nc2ccc(C(F)(F)F)cc2Cl)n1. The van der Waals surface area contributed by atoms with Crippen LogP contribution < -0.4 is 5.32 Å². The van der Waals surface area contributed by atoms with Crippen molar-refractivity contribution in [2.45, 2.75) is 19.5 Å². The van der Waals surface area contributed by atoms with Crippen LogP contribution in [0.15, 0.2) is 24.3 Å². The molecule has 3 nitrogen and oxygen atoms in total. The van der Waals surface area contributed by atoms with Crippen LogP contribution in [0.4, 0.5) is 24.7 Å². The van der Waals surface area contributed by atoms with Gasteiger partial charge in [0.2, 0.25) is 0 Å². The molecule has 112 valence electrons. The highest BCUT2D eigenvalue weighted by atomic mass is 35.5. The Labute approximate surface area is 129 Å². The van der Waals surface area contributed by atoms with E-state index in [0.717, 1.165) is 12.1 Å². The molecule has 0 aliphatic heterocycles. The summed E-state index contributed by atoms with van der Waals surface area (Å²) in [5.74, 6) is 0.890. The van der Waals surface area contributed by atoms with E-state index in [4.69, 9.17) is 23.2 Å². The lowest BCUT2D eigenvalue weighted by atomic mass is 10.2. The first-order chi connectivity index (χ1) is 9.79. The smallest absolute Gasteiger partial charge is 0.339 e. The molecule has 0 spiro atoms. The zero-order chi connectivity index (χ0) is 15.6. The molecule has 0 aliphatic carbocycles. The fourth-order valence-electron chi connectivity index (χ4n) is 1.62. The minimum atomic E-state index is -4.43. The molecule has 0 aliphatic rings. The number of benzene rings is 1. The first-order valence-corrected chi connectivity index (χ1v) is 6.72. The molecule has 1 N–H and O–H groups in total. The van der Waals surface area contributed by atoms with Crippen molar-refractivity contribution in [1.82, 2.24) is 9.97 Å². The second-order valence-corrected chi connectivity index (χ2v) is 4.96. The maximum Gasteiger partial charge on any atom is 0.416 e. The van der Waals surface area contributed by atoms with Crippen molar-refractivity contribution in [3.8, 4) is 0 Å². The van der Waals surface area contributed by atoms with Crippen molar-refractivity contribution in [3.05, 3.63) is 45.8 Å². The zero-order valence-corrected chi connectivity index (χ0v) is 12.3. The summed E-state index contributed by atoms with van der Waals surface area (Å²) in [5.41, 5.74) is -0.505. The third-order valence-electron chi connectivity index (χ3n) is 2.62. The molecule has 21 heavy (non-hydrogen) atoms. The second-order valence-electron chi connectivity index (χ2n) is 4.16. The summed E-state index contributed by atoms with van der Waals surface area (Å²) in [5, 5.41) is 3.02. The standard InChI is InChI=1S/C13H10Cl2F3N3/c1-2-11-20-10(15)6-12(21-11)19-9-4-3-7(5-8(9)14)13(16,17)18/h3-6H,2H2,1H3,(H,19,20,21). The van der Waals surface area contributed by atoms with Crippen LogP contribution in [0.3, 0.4) is 0 Å². The van der Waals surface area contributed by atoms with Gasteiger partial charge in [0.15, 0.2) is 0 Å². The van der Waals surface area contributed by atoms with Crippen LogP contribution in [-0.4, -0.2) is 9.97 Å². The molecule has 0 atom stereocenters. The molecule has 0 radical (unpaired) electrons. The van der Waals surface area contributed by atoms with E-state index >= 15 is 0 Å². The van der Waals surface area contributed by atoms with Crippen molar-refractivity contribution >= 4 is 34.7 Å². The molecule has 8 heteroatoms. The lowest BCUT2D eigenvalue weighted by molar-refractivity contribution is -0.137. The summed E-state index contributed by atoms with van der Waals surface area (Å²) >= 11 is 11.7. The Morgan fingerprint density at radius 1 is 1.14 bits per heavy atom. The summed E-state index contributed by atoms with van der Waals surface area (Å²) in [6, 6.07) is 4.51. The fraction of sp³-hybridized carbons (Fsp3) is 0.231. The van der Waals surface area contributed by atoms with Gasteiger partial charge in [0.25, 0.3) is 0 Å². The van der Waals surface area contributed by atoms with Gasteiger partial charge < -0.3 is 5.32 Å². The summed E-state index contributed by atoms with van der Waals surface area (Å²) in [7, 11) is 0. The molecule has 0 fully saturated rings.